The van der Waals surface area contributed by atoms with Gasteiger partial charge < -0.3 is 9.47 Å². The Balaban J connectivity index is 1.77. The summed E-state index contributed by atoms with van der Waals surface area (Å²) >= 11 is 0.659. The molecule has 1 amide bonds. The van der Waals surface area contributed by atoms with E-state index in [0.717, 1.165) is 6.26 Å². The van der Waals surface area contributed by atoms with Gasteiger partial charge >= 0.3 is 0 Å². The molecule has 12 nitrogen and oxygen atoms in total. The summed E-state index contributed by atoms with van der Waals surface area (Å²) < 4.78 is 33.7. The number of sulfone groups is 1. The van der Waals surface area contributed by atoms with E-state index in [1.165, 1.54) is 31.4 Å². The Kier molecular flexibility index (Phi) is 7.74. The van der Waals surface area contributed by atoms with Crippen LogP contribution in [0.3, 0.4) is 0 Å². The number of aromatic nitrogens is 2. The number of nitriles is 1. The van der Waals surface area contributed by atoms with Crippen molar-refractivity contribution >= 4 is 44.0 Å². The number of carbonyl (C=O) groups is 1. The Morgan fingerprint density at radius 1 is 1.26 bits per heavy atom. The van der Waals surface area contributed by atoms with E-state index in [1.807, 2.05) is 0 Å². The summed E-state index contributed by atoms with van der Waals surface area (Å²) in [4.78, 5) is 23.1. The third-order valence-corrected chi connectivity index (χ3v) is 6.89. The van der Waals surface area contributed by atoms with Crippen LogP contribution in [0, 0.1) is 21.4 Å². The second kappa shape index (κ2) is 10.7. The SMILES string of the molecule is COc1cc(C=C(C#N)C(=O)Nc2nnc(S(C)(=O)=O)s2)ccc1OCc1ccccc1[N+](=O)[O-]. The molecule has 1 N–H and O–H groups in total. The Labute approximate surface area is 203 Å². The molecule has 0 atom stereocenters. The Morgan fingerprint density at radius 2 is 2.00 bits per heavy atom. The summed E-state index contributed by atoms with van der Waals surface area (Å²) in [5.74, 6) is -0.232. The number of rotatable bonds is 9. The van der Waals surface area contributed by atoms with Gasteiger partial charge in [-0.25, -0.2) is 8.42 Å². The molecule has 1 heterocycles. The first-order chi connectivity index (χ1) is 16.6. The minimum atomic E-state index is -3.58. The zero-order chi connectivity index (χ0) is 25.6. The second-order valence-corrected chi connectivity index (χ2v) is 10.0. The van der Waals surface area contributed by atoms with E-state index in [9.17, 15) is 28.6 Å². The van der Waals surface area contributed by atoms with E-state index in [-0.39, 0.29) is 33.1 Å². The lowest BCUT2D eigenvalue weighted by atomic mass is 10.1. The van der Waals surface area contributed by atoms with E-state index in [1.54, 1.807) is 30.3 Å². The first-order valence-corrected chi connectivity index (χ1v) is 12.3. The highest BCUT2D eigenvalue weighted by Gasteiger charge is 2.18. The minimum absolute atomic E-state index is 0.0743. The van der Waals surface area contributed by atoms with Gasteiger partial charge in [-0.1, -0.05) is 29.5 Å². The maximum absolute atomic E-state index is 12.5. The lowest BCUT2D eigenvalue weighted by molar-refractivity contribution is -0.385. The van der Waals surface area contributed by atoms with Gasteiger partial charge in [0.05, 0.1) is 17.6 Å². The van der Waals surface area contributed by atoms with Crippen LogP contribution in [0.15, 0.2) is 52.4 Å². The molecule has 0 unspecified atom stereocenters. The van der Waals surface area contributed by atoms with Crippen LogP contribution in [0.4, 0.5) is 10.8 Å². The Morgan fingerprint density at radius 3 is 2.63 bits per heavy atom. The first-order valence-electron chi connectivity index (χ1n) is 9.62. The fourth-order valence-electron chi connectivity index (χ4n) is 2.75. The molecule has 2 aromatic carbocycles. The molecule has 180 valence electrons. The number of nitro groups is 1. The van der Waals surface area contributed by atoms with E-state index in [0.29, 0.717) is 28.2 Å². The molecule has 0 saturated heterocycles. The van der Waals surface area contributed by atoms with Crippen LogP contribution in [-0.2, 0) is 21.2 Å². The van der Waals surface area contributed by atoms with Gasteiger partial charge in [0.2, 0.25) is 19.3 Å². The number of methoxy groups -OCH3 is 1. The van der Waals surface area contributed by atoms with Gasteiger partial charge in [-0.05, 0) is 29.8 Å². The van der Waals surface area contributed by atoms with Crippen LogP contribution in [0.2, 0.25) is 0 Å². The number of carbonyl (C=O) groups excluding carboxylic acids is 1. The van der Waals surface area contributed by atoms with Crippen LogP contribution < -0.4 is 14.8 Å². The monoisotopic (exact) mass is 515 g/mol. The smallest absolute Gasteiger partial charge is 0.276 e. The average molecular weight is 516 g/mol. The second-order valence-electron chi connectivity index (χ2n) is 6.85. The summed E-state index contributed by atoms with van der Waals surface area (Å²) in [6.07, 6.45) is 2.25. The van der Waals surface area contributed by atoms with Crippen molar-refractivity contribution < 1.29 is 27.6 Å². The molecule has 0 aliphatic carbocycles. The van der Waals surface area contributed by atoms with Crippen molar-refractivity contribution in [3.05, 3.63) is 69.3 Å². The van der Waals surface area contributed by atoms with Crippen molar-refractivity contribution in [1.82, 2.24) is 10.2 Å². The van der Waals surface area contributed by atoms with Crippen molar-refractivity contribution in [3.63, 3.8) is 0 Å². The maximum Gasteiger partial charge on any atom is 0.276 e. The summed E-state index contributed by atoms with van der Waals surface area (Å²) in [6, 6.07) is 12.6. The quantitative estimate of drug-likeness (QED) is 0.147. The van der Waals surface area contributed by atoms with E-state index in [4.69, 9.17) is 9.47 Å². The molecule has 0 saturated carbocycles. The normalized spacial score (nSPS) is 11.4. The van der Waals surface area contributed by atoms with E-state index < -0.39 is 20.7 Å². The molecule has 0 bridgehead atoms. The fourth-order valence-corrected chi connectivity index (χ4v) is 4.25. The molecule has 35 heavy (non-hydrogen) atoms. The van der Waals surface area contributed by atoms with Crippen molar-refractivity contribution in [2.75, 3.05) is 18.7 Å². The molecule has 14 heteroatoms. The standard InChI is InChI=1S/C21H17N5O7S2/c1-32-18-10-13(7-8-17(18)33-12-14-5-3-4-6-16(14)26(28)29)9-15(11-22)19(27)23-20-24-25-21(34-20)35(2,30)31/h3-10H,12H2,1-2H3,(H,23,24,27). The number of hydrogen-bond donors (Lipinski definition) is 1. The largest absolute Gasteiger partial charge is 0.493 e. The molecular weight excluding hydrogens is 498 g/mol. The van der Waals surface area contributed by atoms with Gasteiger partial charge in [0, 0.05) is 12.3 Å². The molecule has 3 aromatic rings. The third-order valence-electron chi connectivity index (χ3n) is 4.38. The van der Waals surface area contributed by atoms with Crippen LogP contribution in [0.25, 0.3) is 6.08 Å². The molecule has 0 aliphatic rings. The molecule has 3 rings (SSSR count). The number of anilines is 1. The van der Waals surface area contributed by atoms with Crippen LogP contribution >= 0.6 is 11.3 Å². The zero-order valence-corrected chi connectivity index (χ0v) is 19.9. The maximum atomic E-state index is 12.5. The van der Waals surface area contributed by atoms with E-state index in [2.05, 4.69) is 15.5 Å². The predicted molar refractivity (Wildman–Crippen MR) is 126 cm³/mol. The molecule has 1 aromatic heterocycles. The van der Waals surface area contributed by atoms with Crippen molar-refractivity contribution in [2.45, 2.75) is 10.9 Å². The van der Waals surface area contributed by atoms with Gasteiger partial charge in [-0.3, -0.25) is 20.2 Å². The van der Waals surface area contributed by atoms with Crippen molar-refractivity contribution in [2.24, 2.45) is 0 Å². The number of nitro benzene ring substituents is 1. The number of nitrogens with zero attached hydrogens (tertiary/aromatic N) is 4. The number of hydrogen-bond acceptors (Lipinski definition) is 11. The average Bonchev–Trinajstić information content (AvgIpc) is 3.30. The summed E-state index contributed by atoms with van der Waals surface area (Å²) in [5.41, 5.74) is 0.454. The van der Waals surface area contributed by atoms with Gasteiger partial charge in [-0.2, -0.15) is 5.26 Å². The molecule has 0 spiro atoms. The van der Waals surface area contributed by atoms with Crippen LogP contribution in [-0.4, -0.2) is 42.8 Å². The van der Waals surface area contributed by atoms with E-state index >= 15 is 0 Å². The summed E-state index contributed by atoms with van der Waals surface area (Å²) in [5, 5.41) is 29.9. The summed E-state index contributed by atoms with van der Waals surface area (Å²) in [7, 11) is -2.18. The zero-order valence-electron chi connectivity index (χ0n) is 18.3. The highest BCUT2D eigenvalue weighted by molar-refractivity contribution is 7.92. The summed E-state index contributed by atoms with van der Waals surface area (Å²) in [6.45, 7) is -0.0775. The van der Waals surface area contributed by atoms with Crippen LogP contribution in [0.5, 0.6) is 11.5 Å². The van der Waals surface area contributed by atoms with Crippen molar-refractivity contribution in [1.29, 1.82) is 5.26 Å². The molecule has 0 radical (unpaired) electrons. The van der Waals surface area contributed by atoms with Gasteiger partial charge in [0.15, 0.2) is 11.5 Å². The number of benzene rings is 2. The molecule has 0 aliphatic heterocycles. The van der Waals surface area contributed by atoms with Crippen LogP contribution in [0.1, 0.15) is 11.1 Å². The number of ether oxygens (including phenoxy) is 2. The molecule has 0 fully saturated rings. The fraction of sp³-hybridized carbons (Fsp3) is 0.143. The van der Waals surface area contributed by atoms with Gasteiger partial charge in [-0.15, -0.1) is 10.2 Å². The number of para-hydroxylation sites is 1. The lowest BCUT2D eigenvalue weighted by Crippen LogP contribution is -2.13. The predicted octanol–water partition coefficient (Wildman–Crippen LogP) is 2.98. The first kappa shape index (κ1) is 25.3. The number of amides is 1. The highest BCUT2D eigenvalue weighted by atomic mass is 32.2. The molecular formula is C21H17N5O7S2. The Hall–Kier alpha value is -4.35. The Bertz CT molecular complexity index is 1460. The van der Waals surface area contributed by atoms with Crippen molar-refractivity contribution in [3.8, 4) is 17.6 Å². The third kappa shape index (κ3) is 6.37. The van der Waals surface area contributed by atoms with Gasteiger partial charge in [0.25, 0.3) is 11.6 Å². The van der Waals surface area contributed by atoms with Gasteiger partial charge in [0.1, 0.15) is 18.2 Å². The highest BCUT2D eigenvalue weighted by Crippen LogP contribution is 2.31. The number of nitrogens with one attached hydrogen (secondary N) is 1. The topological polar surface area (TPSA) is 174 Å². The minimum Gasteiger partial charge on any atom is -0.493 e. The lowest BCUT2D eigenvalue weighted by Gasteiger charge is -2.12.